The topological polar surface area (TPSA) is 90.1 Å². The van der Waals surface area contributed by atoms with E-state index < -0.39 is 46.4 Å². The summed E-state index contributed by atoms with van der Waals surface area (Å²) in [6, 6.07) is 9.54. The molecule has 0 bridgehead atoms. The van der Waals surface area contributed by atoms with Crippen molar-refractivity contribution in [2.45, 2.75) is 31.7 Å². The lowest BCUT2D eigenvalue weighted by molar-refractivity contribution is -0.658. The average Bonchev–Trinajstić information content (AvgIpc) is 2.79. The first-order valence-electron chi connectivity index (χ1n) is 10.4. The van der Waals surface area contributed by atoms with Crippen LogP contribution in [0.5, 0.6) is 5.75 Å². The molecule has 3 N–H and O–H groups in total. The van der Waals surface area contributed by atoms with Crippen LogP contribution >= 0.6 is 0 Å². The molecular weight excluding hydrogens is 494 g/mol. The molecule has 2 heterocycles. The van der Waals surface area contributed by atoms with Crippen molar-refractivity contribution in [3.63, 3.8) is 0 Å². The van der Waals surface area contributed by atoms with E-state index >= 15 is 0 Å². The second kappa shape index (κ2) is 8.28. The maximum atomic E-state index is 14.4. The molecule has 0 amide bonds. The van der Waals surface area contributed by atoms with E-state index in [9.17, 15) is 35.9 Å². The van der Waals surface area contributed by atoms with Crippen molar-refractivity contribution in [2.75, 3.05) is 12.4 Å². The number of aromatic nitrogens is 2. The normalized spacial score (nSPS) is 15.1. The van der Waals surface area contributed by atoms with Gasteiger partial charge in [-0.25, -0.2) is 19.7 Å². The Morgan fingerprint density at radius 3 is 2.19 bits per heavy atom. The van der Waals surface area contributed by atoms with Gasteiger partial charge >= 0.3 is 23.6 Å². The van der Waals surface area contributed by atoms with Crippen LogP contribution in [0.25, 0.3) is 5.69 Å². The summed E-state index contributed by atoms with van der Waals surface area (Å²) in [5.41, 5.74) is -8.46. The number of benzene rings is 2. The number of fused-ring (bicyclic) bond motifs is 1. The highest BCUT2D eigenvalue weighted by atomic mass is 19.4. The molecule has 0 aliphatic carbocycles. The molecule has 4 rings (SSSR count). The molecule has 1 aliphatic heterocycles. The number of methoxy groups -OCH3 is 1. The second-order valence-electron chi connectivity index (χ2n) is 8.19. The lowest BCUT2D eigenvalue weighted by atomic mass is 9.87. The summed E-state index contributed by atoms with van der Waals surface area (Å²) >= 11 is 0. The number of aryl methyl sites for hydroxylation is 2. The predicted molar refractivity (Wildman–Crippen MR) is 118 cm³/mol. The number of nitrogens with one attached hydrogen (secondary N) is 3. The Balaban J connectivity index is 2.17. The zero-order valence-electron chi connectivity index (χ0n) is 19.0. The molecule has 0 unspecified atom stereocenters. The number of ether oxygens (including phenoxy) is 1. The van der Waals surface area contributed by atoms with Crippen molar-refractivity contribution in [3.05, 3.63) is 85.6 Å². The van der Waals surface area contributed by atoms with Crippen molar-refractivity contribution in [1.82, 2.24) is 9.55 Å². The molecule has 3 aromatic rings. The summed E-state index contributed by atoms with van der Waals surface area (Å²) < 4.78 is 92.3. The van der Waals surface area contributed by atoms with Crippen LogP contribution in [0.3, 0.4) is 0 Å². The fourth-order valence-electron chi connectivity index (χ4n) is 4.02. The highest BCUT2D eigenvalue weighted by Crippen LogP contribution is 2.48. The zero-order chi connectivity index (χ0) is 26.6. The van der Waals surface area contributed by atoms with Crippen molar-refractivity contribution < 1.29 is 36.1 Å². The number of rotatable bonds is 3. The summed E-state index contributed by atoms with van der Waals surface area (Å²) in [7, 11) is 1.27. The maximum absolute atomic E-state index is 14.4. The van der Waals surface area contributed by atoms with Gasteiger partial charge in [-0.3, -0.25) is 9.78 Å². The van der Waals surface area contributed by atoms with Crippen LogP contribution < -0.4 is 26.3 Å². The van der Waals surface area contributed by atoms with E-state index in [4.69, 9.17) is 4.74 Å². The van der Waals surface area contributed by atoms with Crippen LogP contribution in [0.2, 0.25) is 0 Å². The number of alkyl halides is 6. The molecule has 0 saturated heterocycles. The summed E-state index contributed by atoms with van der Waals surface area (Å²) in [6.07, 6.45) is -12.1. The van der Waals surface area contributed by atoms with Gasteiger partial charge in [0.15, 0.2) is 0 Å². The van der Waals surface area contributed by atoms with Gasteiger partial charge in [0, 0.05) is 0 Å². The Labute approximate surface area is 199 Å². The number of anilines is 1. The molecule has 36 heavy (non-hydrogen) atoms. The quantitative estimate of drug-likeness (QED) is 0.470. The molecule has 0 saturated carbocycles. The number of aromatic amines is 1. The summed E-state index contributed by atoms with van der Waals surface area (Å²) in [5, 5.41) is 2.44. The lowest BCUT2D eigenvalue weighted by Crippen LogP contribution is -2.97. The number of hydrogen-bond acceptors (Lipinski definition) is 4. The minimum Gasteiger partial charge on any atom is -0.497 e. The molecule has 7 nitrogen and oxygen atoms in total. The molecule has 1 aromatic heterocycles. The largest absolute Gasteiger partial charge is 0.497 e. The summed E-state index contributed by atoms with van der Waals surface area (Å²) in [5.74, 6) is -1.56. The van der Waals surface area contributed by atoms with Crippen LogP contribution in [0.4, 0.5) is 32.2 Å². The fourth-order valence-corrected chi connectivity index (χ4v) is 4.02. The molecule has 1 aliphatic rings. The van der Waals surface area contributed by atoms with Crippen LogP contribution in [-0.2, 0) is 5.54 Å². The number of amidine groups is 1. The van der Waals surface area contributed by atoms with Crippen LogP contribution in [0.1, 0.15) is 22.3 Å². The van der Waals surface area contributed by atoms with E-state index in [1.165, 1.54) is 48.5 Å². The van der Waals surface area contributed by atoms with Crippen molar-refractivity contribution in [3.8, 4) is 11.4 Å². The molecule has 0 atom stereocenters. The van der Waals surface area contributed by atoms with Gasteiger partial charge in [-0.05, 0) is 55.3 Å². The van der Waals surface area contributed by atoms with Gasteiger partial charge in [0.05, 0.1) is 18.4 Å². The van der Waals surface area contributed by atoms with E-state index in [1.54, 1.807) is 24.9 Å². The number of nitrogens with zero attached hydrogens (tertiary/aromatic N) is 1. The third-order valence-corrected chi connectivity index (χ3v) is 6.00. The van der Waals surface area contributed by atoms with E-state index in [0.29, 0.717) is 10.1 Å². The molecule has 0 radical (unpaired) electrons. The first-order chi connectivity index (χ1) is 16.7. The predicted octanol–water partition coefficient (Wildman–Crippen LogP) is 2.42. The first-order valence-corrected chi connectivity index (χ1v) is 10.4. The molecule has 190 valence electrons. The Morgan fingerprint density at radius 2 is 1.61 bits per heavy atom. The standard InChI is InChI=1S/C23H18F6N4O3/c1-11-7-8-14(9-12(11)2)33-18-16(19(34)31-20(33)35)21(22(24,25)26,23(27,28)29)32-17(30-18)13-5-4-6-15(10-13)36-3/h4-10H,1-3H3,(H,30,32)(H,31,34,35)/p+1. The van der Waals surface area contributed by atoms with E-state index in [0.717, 1.165) is 5.56 Å². The van der Waals surface area contributed by atoms with Crippen LogP contribution in [0, 0.1) is 13.8 Å². The molecular formula is C23H19F6N4O3+. The Kier molecular flexibility index (Phi) is 5.77. The maximum Gasteiger partial charge on any atom is 0.446 e. The second-order valence-corrected chi connectivity index (χ2v) is 8.19. The minimum atomic E-state index is -6.05. The molecule has 13 heteroatoms. The van der Waals surface area contributed by atoms with Gasteiger partial charge in [0.2, 0.25) is 5.82 Å². The van der Waals surface area contributed by atoms with Crippen LogP contribution in [-0.4, -0.2) is 34.8 Å². The minimum absolute atomic E-state index is 0.0479. The smallest absolute Gasteiger partial charge is 0.446 e. The van der Waals surface area contributed by atoms with Gasteiger partial charge in [-0.1, -0.05) is 12.1 Å². The van der Waals surface area contributed by atoms with Gasteiger partial charge < -0.3 is 4.74 Å². The lowest BCUT2D eigenvalue weighted by Gasteiger charge is -2.35. The van der Waals surface area contributed by atoms with E-state index in [1.807, 2.05) is 0 Å². The highest BCUT2D eigenvalue weighted by Gasteiger charge is 2.78. The highest BCUT2D eigenvalue weighted by molar-refractivity contribution is 6.05. The summed E-state index contributed by atoms with van der Waals surface area (Å²) in [4.78, 5) is 28.6. The number of halogens is 6. The monoisotopic (exact) mass is 513 g/mol. The van der Waals surface area contributed by atoms with Crippen molar-refractivity contribution in [1.29, 1.82) is 0 Å². The number of hydrogen-bond donors (Lipinski definition) is 3. The number of H-pyrrole nitrogens is 1. The molecule has 0 fully saturated rings. The van der Waals surface area contributed by atoms with Gasteiger partial charge in [0.1, 0.15) is 11.3 Å². The zero-order valence-corrected chi connectivity index (χ0v) is 19.0. The Hall–Kier alpha value is -4.03. The van der Waals surface area contributed by atoms with Crippen molar-refractivity contribution >= 4 is 11.7 Å². The third-order valence-electron chi connectivity index (χ3n) is 6.00. The fraction of sp³-hybridized carbons (Fsp3) is 0.261. The van der Waals surface area contributed by atoms with Gasteiger partial charge in [0.25, 0.3) is 11.4 Å². The Morgan fingerprint density at radius 1 is 0.944 bits per heavy atom. The SMILES string of the molecule is COc1cccc(C2=[NH+]C(C(F)(F)F)(C(F)(F)F)c3c(n(-c4ccc(C)c(C)c4)c(=O)[nH]c3=O)N2)c1. The third kappa shape index (κ3) is 3.74. The van der Waals surface area contributed by atoms with Gasteiger partial charge in [-0.2, -0.15) is 26.3 Å². The van der Waals surface area contributed by atoms with Gasteiger partial charge in [-0.15, -0.1) is 0 Å². The summed E-state index contributed by atoms with van der Waals surface area (Å²) in [6.45, 7) is 3.39. The first kappa shape index (κ1) is 25.1. The molecule has 0 spiro atoms. The van der Waals surface area contributed by atoms with Crippen molar-refractivity contribution in [2.24, 2.45) is 0 Å². The van der Waals surface area contributed by atoms with E-state index in [2.05, 4.69) is 5.32 Å². The van der Waals surface area contributed by atoms with E-state index in [-0.39, 0.29) is 17.0 Å². The molecule has 2 aromatic carbocycles. The Bertz CT molecular complexity index is 1490. The van der Waals surface area contributed by atoms with Crippen LogP contribution in [0.15, 0.2) is 52.1 Å². The average molecular weight is 513 g/mol.